The number of rotatable bonds is 3. The average Bonchev–Trinajstić information content (AvgIpc) is 3.59. The Hall–Kier alpha value is -3.86. The monoisotopic (exact) mass is 456 g/mol. The second-order valence-electron chi connectivity index (χ2n) is 8.97. The van der Waals surface area contributed by atoms with Crippen LogP contribution < -0.4 is 5.73 Å². The summed E-state index contributed by atoms with van der Waals surface area (Å²) in [6, 6.07) is 7.74. The minimum absolute atomic E-state index is 0.0759. The Morgan fingerprint density at radius 1 is 1.06 bits per heavy atom. The van der Waals surface area contributed by atoms with Crippen LogP contribution in [0.5, 0.6) is 0 Å². The largest absolute Gasteiger partial charge is 0.383 e. The third-order valence-electron chi connectivity index (χ3n) is 6.95. The smallest absolute Gasteiger partial charge is 0.298 e. The van der Waals surface area contributed by atoms with Crippen LogP contribution in [0.15, 0.2) is 30.6 Å². The maximum Gasteiger partial charge on any atom is 0.298 e. The molecule has 174 valence electrons. The highest BCUT2D eigenvalue weighted by molar-refractivity contribution is 6.03. The van der Waals surface area contributed by atoms with Gasteiger partial charge in [-0.15, -0.1) is 0 Å². The molecule has 2 aromatic heterocycles. The summed E-state index contributed by atoms with van der Waals surface area (Å²) in [7, 11) is 1.98. The van der Waals surface area contributed by atoms with Gasteiger partial charge in [-0.25, -0.2) is 9.97 Å². The topological polar surface area (TPSA) is 97.3 Å². The zero-order valence-corrected chi connectivity index (χ0v) is 19.5. The molecule has 3 aromatic rings. The van der Waals surface area contributed by atoms with Gasteiger partial charge in [0, 0.05) is 56.0 Å². The number of likely N-dealkylation sites (tertiary alicyclic amines) is 2. The van der Waals surface area contributed by atoms with Gasteiger partial charge in [-0.05, 0) is 49.8 Å². The van der Waals surface area contributed by atoms with Gasteiger partial charge >= 0.3 is 0 Å². The molecule has 5 rings (SSSR count). The van der Waals surface area contributed by atoms with Crippen LogP contribution in [0.1, 0.15) is 48.2 Å². The molecule has 0 radical (unpaired) electrons. The van der Waals surface area contributed by atoms with Gasteiger partial charge in [0.25, 0.3) is 11.8 Å². The molecule has 8 nitrogen and oxygen atoms in total. The molecule has 2 saturated heterocycles. The van der Waals surface area contributed by atoms with Crippen LogP contribution in [0.3, 0.4) is 0 Å². The standard InChI is InChI=1S/C26H28N6O2/c1-3-6-20(33)32-14-11-19(15-32)23-21(22-24(27)28-16-29-25(22)30(23)2)17-7-9-18(10-8-17)26(34)31-12-4-5-13-31/h7-10,16,19H,4-5,11-15H2,1-2H3,(H2,27,28,29). The quantitative estimate of drug-likeness (QED) is 0.612. The highest BCUT2D eigenvalue weighted by Crippen LogP contribution is 2.42. The first-order chi connectivity index (χ1) is 16.5. The van der Waals surface area contributed by atoms with E-state index in [0.717, 1.165) is 60.2 Å². The maximum absolute atomic E-state index is 12.8. The van der Waals surface area contributed by atoms with E-state index in [1.165, 1.54) is 6.33 Å². The fourth-order valence-electron chi connectivity index (χ4n) is 5.30. The molecule has 0 spiro atoms. The van der Waals surface area contributed by atoms with E-state index in [1.807, 2.05) is 36.2 Å². The van der Waals surface area contributed by atoms with Crippen LogP contribution in [0.4, 0.5) is 5.82 Å². The van der Waals surface area contributed by atoms with E-state index in [-0.39, 0.29) is 17.7 Å². The lowest BCUT2D eigenvalue weighted by atomic mass is 9.94. The highest BCUT2D eigenvalue weighted by Gasteiger charge is 2.33. The third kappa shape index (κ3) is 3.67. The second-order valence-corrected chi connectivity index (χ2v) is 8.97. The summed E-state index contributed by atoms with van der Waals surface area (Å²) in [6.07, 6.45) is 4.43. The fraction of sp³-hybridized carbons (Fsp3) is 0.385. The van der Waals surface area contributed by atoms with Crippen molar-refractivity contribution in [2.75, 3.05) is 31.9 Å². The molecule has 4 heterocycles. The van der Waals surface area contributed by atoms with Gasteiger partial charge in [-0.1, -0.05) is 18.1 Å². The van der Waals surface area contributed by atoms with Gasteiger partial charge in [0.05, 0.1) is 5.39 Å². The summed E-state index contributed by atoms with van der Waals surface area (Å²) in [5.41, 5.74) is 10.8. The molecule has 0 bridgehead atoms. The number of amides is 2. The summed E-state index contributed by atoms with van der Waals surface area (Å²) in [4.78, 5) is 37.7. The Kier molecular flexibility index (Phi) is 5.70. The van der Waals surface area contributed by atoms with Crippen LogP contribution in [0, 0.1) is 11.8 Å². The van der Waals surface area contributed by atoms with E-state index in [4.69, 9.17) is 5.73 Å². The molecule has 8 heteroatoms. The fourth-order valence-corrected chi connectivity index (χ4v) is 5.30. The zero-order valence-electron chi connectivity index (χ0n) is 19.5. The molecule has 2 aliphatic rings. The Bertz CT molecular complexity index is 1330. The first-order valence-corrected chi connectivity index (χ1v) is 11.7. The van der Waals surface area contributed by atoms with Crippen LogP contribution in [0.25, 0.3) is 22.2 Å². The summed E-state index contributed by atoms with van der Waals surface area (Å²) in [6.45, 7) is 4.56. The van der Waals surface area contributed by atoms with E-state index in [0.29, 0.717) is 24.5 Å². The summed E-state index contributed by atoms with van der Waals surface area (Å²) < 4.78 is 2.07. The first-order valence-electron chi connectivity index (χ1n) is 11.7. The minimum atomic E-state index is -0.144. The maximum atomic E-state index is 12.8. The van der Waals surface area contributed by atoms with E-state index < -0.39 is 0 Å². The van der Waals surface area contributed by atoms with E-state index >= 15 is 0 Å². The van der Waals surface area contributed by atoms with E-state index in [9.17, 15) is 9.59 Å². The van der Waals surface area contributed by atoms with Crippen molar-refractivity contribution >= 4 is 28.7 Å². The van der Waals surface area contributed by atoms with Gasteiger partial charge in [0.2, 0.25) is 0 Å². The van der Waals surface area contributed by atoms with Gasteiger partial charge < -0.3 is 20.1 Å². The average molecular weight is 457 g/mol. The molecule has 2 aliphatic heterocycles. The van der Waals surface area contributed by atoms with Crippen molar-refractivity contribution in [2.45, 2.75) is 32.1 Å². The molecule has 1 unspecified atom stereocenters. The van der Waals surface area contributed by atoms with Crippen molar-refractivity contribution in [1.29, 1.82) is 0 Å². The number of anilines is 1. The molecule has 2 N–H and O–H groups in total. The molecule has 2 amide bonds. The second kappa shape index (κ2) is 8.82. The number of nitrogens with zero attached hydrogens (tertiary/aromatic N) is 5. The van der Waals surface area contributed by atoms with E-state index in [2.05, 4.69) is 26.4 Å². The SMILES string of the molecule is CC#CC(=O)N1CCC(c2c(-c3ccc(C(=O)N4CCCC4)cc3)c3c(N)ncnc3n2C)C1. The predicted octanol–water partition coefficient (Wildman–Crippen LogP) is 2.79. The number of benzene rings is 1. The predicted molar refractivity (Wildman–Crippen MR) is 131 cm³/mol. The van der Waals surface area contributed by atoms with E-state index in [1.54, 1.807) is 11.8 Å². The van der Waals surface area contributed by atoms with Gasteiger partial charge in [-0.3, -0.25) is 9.59 Å². The molecule has 34 heavy (non-hydrogen) atoms. The van der Waals surface area contributed by atoms with Gasteiger partial charge in [0.1, 0.15) is 17.8 Å². The van der Waals surface area contributed by atoms with Crippen LogP contribution in [-0.4, -0.2) is 62.3 Å². The third-order valence-corrected chi connectivity index (χ3v) is 6.95. The molecule has 1 aromatic carbocycles. The lowest BCUT2D eigenvalue weighted by Crippen LogP contribution is -2.27. The number of aromatic nitrogens is 3. The lowest BCUT2D eigenvalue weighted by Gasteiger charge is -2.17. The molecular formula is C26H28N6O2. The van der Waals surface area contributed by atoms with Crippen molar-refractivity contribution < 1.29 is 9.59 Å². The number of carbonyl (C=O) groups is 2. The Morgan fingerprint density at radius 3 is 2.50 bits per heavy atom. The van der Waals surface area contributed by atoms with Crippen molar-refractivity contribution in [1.82, 2.24) is 24.3 Å². The molecule has 2 fully saturated rings. The molecular weight excluding hydrogens is 428 g/mol. The number of hydrogen-bond acceptors (Lipinski definition) is 5. The van der Waals surface area contributed by atoms with Crippen molar-refractivity contribution in [3.05, 3.63) is 41.9 Å². The Labute approximate surface area is 198 Å². The minimum Gasteiger partial charge on any atom is -0.383 e. The van der Waals surface area contributed by atoms with Crippen molar-refractivity contribution in [3.63, 3.8) is 0 Å². The van der Waals surface area contributed by atoms with Crippen molar-refractivity contribution in [3.8, 4) is 23.0 Å². The highest BCUT2D eigenvalue weighted by atomic mass is 16.2. The van der Waals surface area contributed by atoms with Crippen LogP contribution >= 0.6 is 0 Å². The number of aryl methyl sites for hydroxylation is 1. The molecule has 0 saturated carbocycles. The van der Waals surface area contributed by atoms with Crippen LogP contribution in [0.2, 0.25) is 0 Å². The summed E-state index contributed by atoms with van der Waals surface area (Å²) in [5, 5.41) is 0.803. The first kappa shape index (κ1) is 22.0. The van der Waals surface area contributed by atoms with Gasteiger partial charge in [0.15, 0.2) is 0 Å². The van der Waals surface area contributed by atoms with Crippen LogP contribution in [-0.2, 0) is 11.8 Å². The number of carbonyl (C=O) groups excluding carboxylic acids is 2. The number of nitrogen functional groups attached to an aromatic ring is 1. The normalized spacial score (nSPS) is 17.8. The summed E-state index contributed by atoms with van der Waals surface area (Å²) in [5.74, 6) is 5.81. The number of hydrogen-bond donors (Lipinski definition) is 1. The zero-order chi connectivity index (χ0) is 23.8. The van der Waals surface area contributed by atoms with Crippen molar-refractivity contribution in [2.24, 2.45) is 7.05 Å². The Morgan fingerprint density at radius 2 is 1.79 bits per heavy atom. The summed E-state index contributed by atoms with van der Waals surface area (Å²) >= 11 is 0. The number of fused-ring (bicyclic) bond motifs is 1. The Balaban J connectivity index is 1.57. The lowest BCUT2D eigenvalue weighted by molar-refractivity contribution is -0.124. The molecule has 0 aliphatic carbocycles. The molecule has 1 atom stereocenters. The number of nitrogens with two attached hydrogens (primary N) is 1. The van der Waals surface area contributed by atoms with Gasteiger partial charge in [-0.2, -0.15) is 0 Å².